The SMILES string of the molecule is CN(C)c1cc(CNCC(C)(C)C)c(O)c2c1C[C@H]1C[C@H]3[C@H](N(C)C)C(=O)C(C(N)O)=C(O)[C@@]3(O)C(=O)C1=C2O. The molecule has 0 aromatic heterocycles. The van der Waals surface area contributed by atoms with E-state index in [1.54, 1.807) is 14.1 Å². The predicted molar refractivity (Wildman–Crippen MR) is 151 cm³/mol. The Morgan fingerprint density at radius 2 is 1.77 bits per heavy atom. The fourth-order valence-electron chi connectivity index (χ4n) is 6.53. The molecule has 1 fully saturated rings. The number of aromatic hydroxyl groups is 1. The number of benzene rings is 1. The number of nitrogens with one attached hydrogen (secondary N) is 1. The fraction of sp³-hybridized carbons (Fsp3) is 0.586. The van der Waals surface area contributed by atoms with Gasteiger partial charge in [-0.05, 0) is 49.9 Å². The average Bonchev–Trinajstić information content (AvgIpc) is 2.81. The summed E-state index contributed by atoms with van der Waals surface area (Å²) in [5.41, 5.74) is 4.27. The van der Waals surface area contributed by atoms with Gasteiger partial charge in [0.25, 0.3) is 0 Å². The second-order valence-corrected chi connectivity index (χ2v) is 12.9. The number of nitrogens with two attached hydrogens (primary N) is 1. The minimum absolute atomic E-state index is 0.00329. The Morgan fingerprint density at radius 1 is 1.15 bits per heavy atom. The third-order valence-electron chi connectivity index (χ3n) is 8.32. The number of Topliss-reactive ketones (excluding diaryl/α,β-unsaturated/α-hetero) is 2. The third kappa shape index (κ3) is 4.59. The number of phenols is 1. The van der Waals surface area contributed by atoms with E-state index in [0.29, 0.717) is 24.2 Å². The molecular weight excluding hydrogens is 516 g/mol. The van der Waals surface area contributed by atoms with Gasteiger partial charge in [-0.25, -0.2) is 0 Å². The number of rotatable bonds is 6. The summed E-state index contributed by atoms with van der Waals surface area (Å²) >= 11 is 0. The summed E-state index contributed by atoms with van der Waals surface area (Å²) in [6, 6.07) is 0.806. The van der Waals surface area contributed by atoms with E-state index in [1.807, 2.05) is 25.1 Å². The Labute approximate surface area is 234 Å². The lowest BCUT2D eigenvalue weighted by molar-refractivity contribution is -0.154. The van der Waals surface area contributed by atoms with Crippen molar-refractivity contribution in [1.82, 2.24) is 10.2 Å². The molecule has 0 saturated heterocycles. The van der Waals surface area contributed by atoms with Gasteiger partial charge in [-0.3, -0.25) is 14.5 Å². The molecule has 0 aliphatic heterocycles. The highest BCUT2D eigenvalue weighted by molar-refractivity contribution is 6.14. The molecule has 1 unspecified atom stereocenters. The maximum atomic E-state index is 14.1. The van der Waals surface area contributed by atoms with Crippen LogP contribution in [0.25, 0.3) is 5.76 Å². The smallest absolute Gasteiger partial charge is 0.202 e. The molecule has 11 heteroatoms. The molecule has 3 aliphatic carbocycles. The second-order valence-electron chi connectivity index (χ2n) is 12.9. The number of likely N-dealkylation sites (N-methyl/N-ethyl adjacent to an activating group) is 1. The first-order chi connectivity index (χ1) is 18.4. The molecular formula is C29H42N4O7. The van der Waals surface area contributed by atoms with E-state index in [1.165, 1.54) is 4.90 Å². The van der Waals surface area contributed by atoms with Gasteiger partial charge in [0.1, 0.15) is 23.5 Å². The highest BCUT2D eigenvalue weighted by atomic mass is 16.4. The van der Waals surface area contributed by atoms with Crippen molar-refractivity contribution in [3.8, 4) is 5.75 Å². The summed E-state index contributed by atoms with van der Waals surface area (Å²) in [5.74, 6) is -4.95. The van der Waals surface area contributed by atoms with Crippen molar-refractivity contribution < 1.29 is 35.1 Å². The van der Waals surface area contributed by atoms with E-state index in [2.05, 4.69) is 26.1 Å². The number of phenolic OH excluding ortho intramolecular Hbond substituents is 1. The Bertz CT molecular complexity index is 1310. The minimum Gasteiger partial charge on any atom is -0.508 e. The Morgan fingerprint density at radius 3 is 2.30 bits per heavy atom. The van der Waals surface area contributed by atoms with Gasteiger partial charge in [0.05, 0.1) is 17.2 Å². The molecule has 40 heavy (non-hydrogen) atoms. The van der Waals surface area contributed by atoms with Crippen LogP contribution in [0.5, 0.6) is 5.75 Å². The Balaban J connectivity index is 1.91. The number of hydrogen-bond donors (Lipinski definition) is 7. The lowest BCUT2D eigenvalue weighted by Crippen LogP contribution is -2.66. The first-order valence-electron chi connectivity index (χ1n) is 13.5. The molecule has 1 saturated carbocycles. The van der Waals surface area contributed by atoms with E-state index in [-0.39, 0.29) is 35.1 Å². The van der Waals surface area contributed by atoms with Crippen molar-refractivity contribution in [2.75, 3.05) is 39.6 Å². The lowest BCUT2D eigenvalue weighted by Gasteiger charge is -2.50. The summed E-state index contributed by atoms with van der Waals surface area (Å²) < 4.78 is 0. The van der Waals surface area contributed by atoms with Crippen LogP contribution in [0, 0.1) is 17.3 Å². The first-order valence-corrected chi connectivity index (χ1v) is 13.5. The Kier molecular flexibility index (Phi) is 7.61. The van der Waals surface area contributed by atoms with Gasteiger partial charge in [-0.1, -0.05) is 20.8 Å². The summed E-state index contributed by atoms with van der Waals surface area (Å²) in [7, 11) is 6.91. The van der Waals surface area contributed by atoms with Crippen molar-refractivity contribution in [3.63, 3.8) is 0 Å². The van der Waals surface area contributed by atoms with Gasteiger partial charge in [0, 0.05) is 49.9 Å². The molecule has 4 rings (SSSR count). The van der Waals surface area contributed by atoms with E-state index >= 15 is 0 Å². The molecule has 1 aromatic rings. The fourth-order valence-corrected chi connectivity index (χ4v) is 6.53. The molecule has 0 radical (unpaired) electrons. The molecule has 220 valence electrons. The average molecular weight is 559 g/mol. The number of aliphatic hydroxyl groups excluding tert-OH is 3. The van der Waals surface area contributed by atoms with Crippen LogP contribution in [0.2, 0.25) is 0 Å². The van der Waals surface area contributed by atoms with E-state index in [9.17, 15) is 35.1 Å². The van der Waals surface area contributed by atoms with Crippen LogP contribution in [-0.4, -0.2) is 94.6 Å². The van der Waals surface area contributed by atoms with Crippen LogP contribution < -0.4 is 16.0 Å². The molecule has 0 bridgehead atoms. The summed E-state index contributed by atoms with van der Waals surface area (Å²) in [4.78, 5) is 30.8. The zero-order chi connectivity index (χ0) is 30.1. The van der Waals surface area contributed by atoms with Gasteiger partial charge in [-0.2, -0.15) is 0 Å². The number of anilines is 1. The highest BCUT2D eigenvalue weighted by Gasteiger charge is 2.64. The van der Waals surface area contributed by atoms with Gasteiger partial charge >= 0.3 is 0 Å². The standard InChI is InChI=1S/C29H42N4O7/c1-28(2,3)12-31-11-14-10-17(32(4)5)15-8-13-9-16-21(33(6)7)24(36)20(27(30)39)26(38)29(16,40)25(37)18(13)23(35)19(15)22(14)34/h10,13,16,21,27,31,34-35,38-40H,8-9,11-12,30H2,1-7H3/t13-,16-,21-,27?,29-/m0/s1. The predicted octanol–water partition coefficient (Wildman–Crippen LogP) is 0.958. The largest absolute Gasteiger partial charge is 0.508 e. The summed E-state index contributed by atoms with van der Waals surface area (Å²) in [5, 5.41) is 59.2. The van der Waals surface area contributed by atoms with Gasteiger partial charge in [0.2, 0.25) is 5.78 Å². The molecule has 1 aromatic carbocycles. The van der Waals surface area contributed by atoms with Crippen LogP contribution >= 0.6 is 0 Å². The summed E-state index contributed by atoms with van der Waals surface area (Å²) in [6.07, 6.45) is -1.58. The number of ketones is 2. The summed E-state index contributed by atoms with van der Waals surface area (Å²) in [6.45, 7) is 7.24. The van der Waals surface area contributed by atoms with Crippen LogP contribution in [0.15, 0.2) is 23.0 Å². The monoisotopic (exact) mass is 558 g/mol. The molecule has 11 nitrogen and oxygen atoms in total. The number of hydrogen-bond acceptors (Lipinski definition) is 11. The molecule has 0 amide bonds. The van der Waals surface area contributed by atoms with Gasteiger partial charge in [0.15, 0.2) is 11.4 Å². The number of fused-ring (bicyclic) bond motifs is 3. The highest BCUT2D eigenvalue weighted by Crippen LogP contribution is 2.54. The van der Waals surface area contributed by atoms with Crippen molar-refractivity contribution in [3.05, 3.63) is 39.7 Å². The quantitative estimate of drug-likeness (QED) is 0.247. The molecule has 3 aliphatic rings. The van der Waals surface area contributed by atoms with E-state index in [0.717, 1.165) is 5.69 Å². The van der Waals surface area contributed by atoms with Gasteiger partial charge in [-0.15, -0.1) is 0 Å². The third-order valence-corrected chi connectivity index (χ3v) is 8.32. The maximum absolute atomic E-state index is 14.1. The Hall–Kier alpha value is -2.96. The van der Waals surface area contributed by atoms with Crippen molar-refractivity contribution in [1.29, 1.82) is 0 Å². The molecule has 0 spiro atoms. The topological polar surface area (TPSA) is 180 Å². The van der Waals surface area contributed by atoms with Crippen LogP contribution in [0.1, 0.15) is 43.9 Å². The zero-order valence-electron chi connectivity index (χ0n) is 24.2. The first kappa shape index (κ1) is 30.0. The number of nitrogens with zero attached hydrogens (tertiary/aromatic N) is 2. The molecule has 0 heterocycles. The van der Waals surface area contributed by atoms with Crippen molar-refractivity contribution in [2.24, 2.45) is 23.0 Å². The van der Waals surface area contributed by atoms with Crippen molar-refractivity contribution >= 4 is 23.0 Å². The van der Waals surface area contributed by atoms with Crippen LogP contribution in [0.3, 0.4) is 0 Å². The maximum Gasteiger partial charge on any atom is 0.202 e. The van der Waals surface area contributed by atoms with Crippen LogP contribution in [-0.2, 0) is 22.6 Å². The number of aliphatic hydroxyl groups is 4. The lowest BCUT2D eigenvalue weighted by atomic mass is 9.57. The molecule has 5 atom stereocenters. The van der Waals surface area contributed by atoms with Crippen molar-refractivity contribution in [2.45, 2.75) is 58.0 Å². The number of carbonyl (C=O) groups excluding carboxylic acids is 2. The number of carbonyl (C=O) groups is 2. The van der Waals surface area contributed by atoms with E-state index < -0.39 is 58.4 Å². The minimum atomic E-state index is -2.60. The zero-order valence-corrected chi connectivity index (χ0v) is 24.2. The van der Waals surface area contributed by atoms with Crippen LogP contribution in [0.4, 0.5) is 5.69 Å². The normalized spacial score (nSPS) is 27.5. The van der Waals surface area contributed by atoms with E-state index in [4.69, 9.17) is 5.73 Å². The van der Waals surface area contributed by atoms with Gasteiger partial charge < -0.3 is 41.5 Å². The molecule has 8 N–H and O–H groups in total. The second kappa shape index (κ2) is 10.1.